The Balaban J connectivity index is 0.0000000995. The molecule has 3 aliphatic heterocycles. The minimum absolute atomic E-state index is 0. The Morgan fingerprint density at radius 2 is 0.951 bits per heavy atom. The number of nitrogens with zero attached hydrogens (tertiary/aromatic N) is 10. The van der Waals surface area contributed by atoms with E-state index < -0.39 is 0 Å². The molecule has 0 unspecified atom stereocenters. The first-order chi connectivity index (χ1) is 59.8. The molecule has 12 nitrogen and oxygen atoms in total. The summed E-state index contributed by atoms with van der Waals surface area (Å²) in [6, 6.07) is 138. The fourth-order valence-corrected chi connectivity index (χ4v) is 18.6. The van der Waals surface area contributed by atoms with Crippen molar-refractivity contribution in [2.45, 2.75) is 33.5 Å². The van der Waals surface area contributed by atoms with Crippen LogP contribution in [0.4, 0.5) is 0 Å². The van der Waals surface area contributed by atoms with E-state index in [1.165, 1.54) is 151 Å². The van der Waals surface area contributed by atoms with Crippen LogP contribution >= 0.6 is 11.3 Å². The molecule has 14 aromatic carbocycles. The Kier molecular flexibility index (Phi) is 22.8. The molecule has 123 heavy (non-hydrogen) atoms. The number of allylic oxidation sites excluding steroid dienone is 2. The van der Waals surface area contributed by atoms with E-state index in [9.17, 15) is 4.79 Å². The van der Waals surface area contributed by atoms with E-state index >= 15 is 0 Å². The number of fused-ring (bicyclic) bond motifs is 18. The van der Waals surface area contributed by atoms with Crippen molar-refractivity contribution in [3.8, 4) is 56.7 Å². The number of rotatable bonds is 6. The van der Waals surface area contributed by atoms with Crippen molar-refractivity contribution in [3.05, 3.63) is 435 Å². The molecule has 0 spiro atoms. The Morgan fingerprint density at radius 3 is 1.63 bits per heavy atom. The van der Waals surface area contributed by atoms with Crippen molar-refractivity contribution < 1.29 is 63.8 Å². The number of aliphatic hydroxyl groups excluding tert-OH is 1. The summed E-state index contributed by atoms with van der Waals surface area (Å²) < 4.78 is 19.2. The maximum atomic E-state index is 10.0. The number of aliphatic hydroxyl groups is 1. The molecule has 0 saturated carbocycles. The fourth-order valence-electron chi connectivity index (χ4n) is 17.4. The van der Waals surface area contributed by atoms with Crippen molar-refractivity contribution in [1.82, 2.24) is 32.9 Å². The Hall–Kier alpha value is -14.3. The van der Waals surface area contributed by atoms with Gasteiger partial charge in [-0.05, 0) is 150 Å². The predicted octanol–water partition coefficient (Wildman–Crippen LogP) is 23.9. The largest absolute Gasteiger partial charge is 0.512 e. The van der Waals surface area contributed by atoms with E-state index in [1.807, 2.05) is 145 Å². The first-order valence-corrected chi connectivity index (χ1v) is 41.3. The molecule has 596 valence electrons. The number of benzene rings is 14. The van der Waals surface area contributed by atoms with Gasteiger partial charge in [0, 0.05) is 96.5 Å². The van der Waals surface area contributed by atoms with Gasteiger partial charge in [0.25, 0.3) is 17.1 Å². The molecule has 2 radical (unpaired) electrons. The van der Waals surface area contributed by atoms with Gasteiger partial charge in [-0.2, -0.15) is 24.7 Å². The Morgan fingerprint density at radius 1 is 0.415 bits per heavy atom. The summed E-state index contributed by atoms with van der Waals surface area (Å²) in [6.45, 7) is 5.76. The van der Waals surface area contributed by atoms with E-state index in [0.717, 1.165) is 70.3 Å². The number of imidazole rings is 4. The van der Waals surface area contributed by atoms with Crippen molar-refractivity contribution in [1.29, 1.82) is 0 Å². The number of carbonyl (C=O) groups is 1. The standard InChI is InChI=1S/C20H13N2.C20H15N2.C19H13N2.C17H10NS.C16H11N2.C11H8N.C5H8O2.2Ir/c1-2-9-16-14(7-1)15-8-5-6-13-12-21-17-10-3-4-11-18(17)22(16)20(21)19(13)15;1-2-9-16(10-3-1)22-19-13-7-6-12-18(19)21-14-15-8-4-5-11-17(15)20(21)22;1-3-9-15(10-4-1)19-20-17-13-7-8-14-18(17)21(19)16-11-5-2-6-12-16;1-2-10-16-12(6-1)13-7-5-8-14(17(13)19-16)15-9-3-4-11-18-15;1-2-7-14-13(6-1)17-9-8-11-4-3-5-12-10-18(14)16(17)15(11)12;1-2-6-10(7-3-1)11-8-4-5-9-12-11;1-4(6)3-5(2)7;;/h1-11H,12H2;1-13H,14H2;1-9,11-14H;1-7,9-11H;1-9H,10H2;1-6,8-9H;3,6H,1-2H3;;/q2*+1;2*-1;+1;-1;;;. The van der Waals surface area contributed by atoms with Crippen molar-refractivity contribution in [2.24, 2.45) is 0 Å². The monoisotopic (exact) mass is 1960 g/mol. The molecule has 15 heteroatoms. The average Bonchev–Trinajstić information content (AvgIpc) is 1.56. The quantitative estimate of drug-likeness (QED) is 0.0587. The number of thiophene rings is 1. The van der Waals surface area contributed by atoms with E-state index in [-0.39, 0.29) is 51.8 Å². The number of para-hydroxylation sites is 11. The van der Waals surface area contributed by atoms with E-state index in [2.05, 4.69) is 309 Å². The van der Waals surface area contributed by atoms with Crippen molar-refractivity contribution in [2.75, 3.05) is 0 Å². The Labute approximate surface area is 741 Å². The fraction of sp³-hybridized carbons (Fsp3) is 0.0463. The minimum Gasteiger partial charge on any atom is -0.512 e. The zero-order valence-corrected chi connectivity index (χ0v) is 72.7. The first-order valence-electron chi connectivity index (χ1n) is 40.5. The van der Waals surface area contributed by atoms with Gasteiger partial charge in [-0.1, -0.05) is 206 Å². The molecule has 0 bridgehead atoms. The van der Waals surface area contributed by atoms with E-state index in [1.54, 1.807) is 6.20 Å². The van der Waals surface area contributed by atoms with Gasteiger partial charge in [0.15, 0.2) is 38.9 Å². The number of aromatic nitrogens is 10. The normalized spacial score (nSPS) is 11.7. The zero-order chi connectivity index (χ0) is 81.3. The molecule has 0 aliphatic carbocycles. The van der Waals surface area contributed by atoms with Crippen molar-refractivity contribution in [3.63, 3.8) is 0 Å². The molecule has 12 heterocycles. The summed E-state index contributed by atoms with van der Waals surface area (Å²) in [5.74, 6) is 2.14. The van der Waals surface area contributed by atoms with Crippen LogP contribution in [-0.4, -0.2) is 43.8 Å². The van der Waals surface area contributed by atoms with Gasteiger partial charge in [0.2, 0.25) is 0 Å². The summed E-state index contributed by atoms with van der Waals surface area (Å²) in [5.41, 5.74) is 26.9. The van der Waals surface area contributed by atoms with Crippen LogP contribution in [0.25, 0.3) is 165 Å². The van der Waals surface area contributed by atoms with Crippen LogP contribution in [0, 0.1) is 18.2 Å². The summed E-state index contributed by atoms with van der Waals surface area (Å²) in [4.78, 5) is 23.5. The number of ketones is 1. The first kappa shape index (κ1) is 79.8. The molecular formula is C108H78Ir2N10O2S. The second-order valence-corrected chi connectivity index (χ2v) is 31.0. The third-order valence-corrected chi connectivity index (χ3v) is 23.6. The van der Waals surface area contributed by atoms with Gasteiger partial charge >= 0.3 is 0 Å². The molecule has 23 aromatic rings. The molecule has 0 amide bonds. The minimum atomic E-state index is -0.125. The van der Waals surface area contributed by atoms with Gasteiger partial charge in [-0.3, -0.25) is 9.78 Å². The van der Waals surface area contributed by atoms with Gasteiger partial charge in [-0.25, -0.2) is 13.7 Å². The van der Waals surface area contributed by atoms with E-state index in [0.29, 0.717) is 0 Å². The third-order valence-electron chi connectivity index (χ3n) is 22.4. The maximum absolute atomic E-state index is 10.0. The Bertz CT molecular complexity index is 7830. The molecule has 1 N–H and O–H groups in total. The van der Waals surface area contributed by atoms with Crippen LogP contribution in [0.5, 0.6) is 0 Å². The van der Waals surface area contributed by atoms with Crippen LogP contribution in [0.3, 0.4) is 0 Å². The topological polar surface area (TPSA) is 106 Å². The number of carbonyl (C=O) groups excluding carboxylic acids is 1. The molecular weight excluding hydrogens is 1890 g/mol. The molecule has 26 rings (SSSR count). The van der Waals surface area contributed by atoms with Crippen LogP contribution in [0.15, 0.2) is 400 Å². The molecule has 0 atom stereocenters. The van der Waals surface area contributed by atoms with Crippen molar-refractivity contribution >= 4 is 125 Å². The van der Waals surface area contributed by atoms with Gasteiger partial charge in [-0.15, -0.1) is 95.6 Å². The smallest absolute Gasteiger partial charge is 0.296 e. The van der Waals surface area contributed by atoms with Crippen LogP contribution in [-0.2, 0) is 64.6 Å². The van der Waals surface area contributed by atoms with Gasteiger partial charge in [0.1, 0.15) is 30.8 Å². The number of pyridine rings is 4. The summed E-state index contributed by atoms with van der Waals surface area (Å²) in [7, 11) is 0. The molecule has 0 fully saturated rings. The summed E-state index contributed by atoms with van der Waals surface area (Å²) in [6.07, 6.45) is 6.97. The second kappa shape index (κ2) is 35.2. The summed E-state index contributed by atoms with van der Waals surface area (Å²) in [5, 5.41) is 17.8. The molecule has 3 aliphatic rings. The van der Waals surface area contributed by atoms with E-state index in [4.69, 9.17) is 10.1 Å². The van der Waals surface area contributed by atoms with Gasteiger partial charge < -0.3 is 19.6 Å². The molecule has 0 saturated heterocycles. The van der Waals surface area contributed by atoms with Gasteiger partial charge in [0.05, 0.1) is 45.1 Å². The SMILES string of the molecule is CC(=O)C=C(C)O.[Ir].[Ir].[c-]1ccc2c(sc3ccccc32)c1-c1ccccn1.[c-]1ccccc1-c1ccccn1.[c-]1ccccc1-c1nc2ccccc2n1-c1ccccc1.c1cc2c3c(c1)c1ccccc1n1c4ccccc4[n+](c31)C2.c1cc2c3c(c1)ccn1c4ccccc4[n+](c31)C2.c1ccc(-n2c3[n+](c4ccccc42)Cc2ccccc2-3)cc1. The van der Waals surface area contributed by atoms with Crippen LogP contribution < -0.4 is 13.7 Å². The molecule has 9 aromatic heterocycles. The number of hydrogen-bond acceptors (Lipinski definition) is 6. The third kappa shape index (κ3) is 15.2. The summed E-state index contributed by atoms with van der Waals surface area (Å²) >= 11 is 1.81. The second-order valence-electron chi connectivity index (χ2n) is 30.0. The predicted molar refractivity (Wildman–Crippen MR) is 491 cm³/mol. The average molecular weight is 1960 g/mol. The van der Waals surface area contributed by atoms with Crippen LogP contribution in [0.1, 0.15) is 30.5 Å². The maximum Gasteiger partial charge on any atom is 0.296 e. The van der Waals surface area contributed by atoms with Crippen LogP contribution in [0.2, 0.25) is 0 Å². The number of hydrogen-bond donors (Lipinski definition) is 1. The zero-order valence-electron chi connectivity index (χ0n) is 67.1.